The number of anilines is 1. The van der Waals surface area contributed by atoms with E-state index in [-0.39, 0.29) is 0 Å². The van der Waals surface area contributed by atoms with Crippen molar-refractivity contribution in [3.05, 3.63) is 54.1 Å². The van der Waals surface area contributed by atoms with E-state index in [1.165, 1.54) is 0 Å². The standard InChI is InChI=1S/C16H13N5/c17-10-13-9-12-3-1-2-4-14(12)19-16(13)21-8-7-20-6-5-18-15(20)11-21/h1-6,9H,7-8,11H2. The first-order valence-corrected chi connectivity index (χ1v) is 6.90. The molecule has 3 aromatic rings. The molecule has 0 amide bonds. The first-order valence-electron chi connectivity index (χ1n) is 6.90. The van der Waals surface area contributed by atoms with Crippen LogP contribution in [0.3, 0.4) is 0 Å². The van der Waals surface area contributed by atoms with E-state index in [0.29, 0.717) is 12.1 Å². The summed E-state index contributed by atoms with van der Waals surface area (Å²) in [5, 5.41) is 10.4. The summed E-state index contributed by atoms with van der Waals surface area (Å²) in [6.45, 7) is 2.39. The molecule has 21 heavy (non-hydrogen) atoms. The van der Waals surface area contributed by atoms with E-state index < -0.39 is 0 Å². The van der Waals surface area contributed by atoms with Crippen LogP contribution in [0.1, 0.15) is 11.4 Å². The molecule has 1 aromatic carbocycles. The lowest BCUT2D eigenvalue weighted by molar-refractivity contribution is 0.556. The normalized spacial score (nSPS) is 14.0. The fourth-order valence-corrected chi connectivity index (χ4v) is 2.78. The summed E-state index contributed by atoms with van der Waals surface area (Å²) in [5.74, 6) is 1.77. The van der Waals surface area contributed by atoms with E-state index in [2.05, 4.69) is 20.5 Å². The highest BCUT2D eigenvalue weighted by Crippen LogP contribution is 2.25. The van der Waals surface area contributed by atoms with Crippen molar-refractivity contribution in [1.82, 2.24) is 14.5 Å². The topological polar surface area (TPSA) is 57.7 Å². The van der Waals surface area contributed by atoms with Crippen LogP contribution in [0.2, 0.25) is 0 Å². The van der Waals surface area contributed by atoms with Crippen molar-refractivity contribution in [2.45, 2.75) is 13.1 Å². The number of fused-ring (bicyclic) bond motifs is 2. The van der Waals surface area contributed by atoms with Crippen molar-refractivity contribution >= 4 is 16.7 Å². The van der Waals surface area contributed by atoms with E-state index in [9.17, 15) is 5.26 Å². The molecule has 3 heterocycles. The molecule has 0 N–H and O–H groups in total. The highest BCUT2D eigenvalue weighted by atomic mass is 15.3. The second-order valence-corrected chi connectivity index (χ2v) is 5.12. The average molecular weight is 275 g/mol. The van der Waals surface area contributed by atoms with Gasteiger partial charge >= 0.3 is 0 Å². The van der Waals surface area contributed by atoms with Crippen molar-refractivity contribution in [2.24, 2.45) is 0 Å². The largest absolute Gasteiger partial charge is 0.346 e. The Kier molecular flexibility index (Phi) is 2.61. The van der Waals surface area contributed by atoms with Crippen LogP contribution in [0.15, 0.2) is 42.7 Å². The number of aromatic nitrogens is 3. The molecular formula is C16H13N5. The number of nitriles is 1. The summed E-state index contributed by atoms with van der Waals surface area (Å²) in [6.07, 6.45) is 3.81. The number of benzene rings is 1. The summed E-state index contributed by atoms with van der Waals surface area (Å²) in [5.41, 5.74) is 1.54. The lowest BCUT2D eigenvalue weighted by Gasteiger charge is -2.29. The van der Waals surface area contributed by atoms with Gasteiger partial charge in [-0.15, -0.1) is 0 Å². The quantitative estimate of drug-likeness (QED) is 0.684. The van der Waals surface area contributed by atoms with Crippen LogP contribution in [0.25, 0.3) is 10.9 Å². The molecule has 0 aliphatic carbocycles. The van der Waals surface area contributed by atoms with E-state index in [1.807, 2.05) is 42.7 Å². The van der Waals surface area contributed by atoms with Crippen molar-refractivity contribution < 1.29 is 0 Å². The molecule has 0 radical (unpaired) electrons. The Morgan fingerprint density at radius 3 is 3.00 bits per heavy atom. The van der Waals surface area contributed by atoms with Crippen LogP contribution < -0.4 is 4.90 Å². The molecule has 5 nitrogen and oxygen atoms in total. The van der Waals surface area contributed by atoms with Gasteiger partial charge in [0.15, 0.2) is 0 Å². The molecule has 102 valence electrons. The monoisotopic (exact) mass is 275 g/mol. The third kappa shape index (κ3) is 1.93. The van der Waals surface area contributed by atoms with Crippen LogP contribution in [-0.2, 0) is 13.1 Å². The van der Waals surface area contributed by atoms with Gasteiger partial charge in [0, 0.05) is 30.9 Å². The Hall–Kier alpha value is -2.87. The molecule has 1 aliphatic heterocycles. The molecule has 0 atom stereocenters. The number of nitrogens with zero attached hydrogens (tertiary/aromatic N) is 5. The molecule has 0 saturated heterocycles. The third-order valence-electron chi connectivity index (χ3n) is 3.87. The molecule has 0 spiro atoms. The van der Waals surface area contributed by atoms with Gasteiger partial charge < -0.3 is 9.47 Å². The maximum absolute atomic E-state index is 9.43. The summed E-state index contributed by atoms with van der Waals surface area (Å²) >= 11 is 0. The van der Waals surface area contributed by atoms with Gasteiger partial charge in [-0.25, -0.2) is 9.97 Å². The van der Waals surface area contributed by atoms with Gasteiger partial charge in [0.1, 0.15) is 17.7 Å². The molecule has 0 bridgehead atoms. The van der Waals surface area contributed by atoms with Gasteiger partial charge in [0.2, 0.25) is 0 Å². The number of rotatable bonds is 1. The number of imidazole rings is 1. The summed E-state index contributed by atoms with van der Waals surface area (Å²) in [6, 6.07) is 12.1. The second-order valence-electron chi connectivity index (χ2n) is 5.12. The fourth-order valence-electron chi connectivity index (χ4n) is 2.78. The van der Waals surface area contributed by atoms with Gasteiger partial charge in [-0.3, -0.25) is 0 Å². The Morgan fingerprint density at radius 1 is 1.19 bits per heavy atom. The average Bonchev–Trinajstić information content (AvgIpc) is 3.01. The zero-order valence-corrected chi connectivity index (χ0v) is 11.4. The third-order valence-corrected chi connectivity index (χ3v) is 3.87. The van der Waals surface area contributed by atoms with Crippen molar-refractivity contribution in [1.29, 1.82) is 5.26 Å². The SMILES string of the molecule is N#Cc1cc2ccccc2nc1N1CCn2ccnc2C1. The molecular weight excluding hydrogens is 262 g/mol. The molecule has 2 aromatic heterocycles. The van der Waals surface area contributed by atoms with Gasteiger partial charge in [-0.2, -0.15) is 5.26 Å². The van der Waals surface area contributed by atoms with E-state index in [4.69, 9.17) is 4.98 Å². The minimum atomic E-state index is 0.619. The molecule has 0 unspecified atom stereocenters. The fraction of sp³-hybridized carbons (Fsp3) is 0.188. The second kappa shape index (κ2) is 4.60. The summed E-state index contributed by atoms with van der Waals surface area (Å²) in [4.78, 5) is 11.2. The van der Waals surface area contributed by atoms with Crippen LogP contribution in [-0.4, -0.2) is 21.1 Å². The van der Waals surface area contributed by atoms with E-state index >= 15 is 0 Å². The number of para-hydroxylation sites is 1. The lowest BCUT2D eigenvalue weighted by atomic mass is 10.1. The minimum absolute atomic E-state index is 0.619. The van der Waals surface area contributed by atoms with Gasteiger partial charge in [0.25, 0.3) is 0 Å². The van der Waals surface area contributed by atoms with Crippen LogP contribution in [0.4, 0.5) is 5.82 Å². The smallest absolute Gasteiger partial charge is 0.147 e. The minimum Gasteiger partial charge on any atom is -0.346 e. The van der Waals surface area contributed by atoms with Gasteiger partial charge in [0.05, 0.1) is 17.6 Å². The van der Waals surface area contributed by atoms with Crippen LogP contribution >= 0.6 is 0 Å². The van der Waals surface area contributed by atoms with Crippen molar-refractivity contribution in [3.8, 4) is 6.07 Å². The molecule has 5 heteroatoms. The first kappa shape index (κ1) is 11.9. The molecule has 1 aliphatic rings. The number of hydrogen-bond donors (Lipinski definition) is 0. The predicted octanol–water partition coefficient (Wildman–Crippen LogP) is 2.32. The highest BCUT2D eigenvalue weighted by molar-refractivity contribution is 5.83. The van der Waals surface area contributed by atoms with E-state index in [0.717, 1.165) is 35.6 Å². The van der Waals surface area contributed by atoms with Crippen molar-refractivity contribution in [3.63, 3.8) is 0 Å². The molecule has 0 saturated carbocycles. The summed E-state index contributed by atoms with van der Waals surface area (Å²) < 4.78 is 2.14. The Bertz CT molecular complexity index is 858. The Balaban J connectivity index is 1.81. The zero-order valence-electron chi connectivity index (χ0n) is 11.4. The van der Waals surface area contributed by atoms with Gasteiger partial charge in [-0.1, -0.05) is 18.2 Å². The predicted molar refractivity (Wildman–Crippen MR) is 79.7 cm³/mol. The number of hydrogen-bond acceptors (Lipinski definition) is 4. The van der Waals surface area contributed by atoms with Crippen molar-refractivity contribution in [2.75, 3.05) is 11.4 Å². The zero-order chi connectivity index (χ0) is 14.2. The molecule has 4 rings (SSSR count). The lowest BCUT2D eigenvalue weighted by Crippen LogP contribution is -2.34. The maximum atomic E-state index is 9.43. The molecule has 0 fully saturated rings. The Labute approximate surface area is 122 Å². The van der Waals surface area contributed by atoms with Crippen LogP contribution in [0, 0.1) is 11.3 Å². The first-order chi connectivity index (χ1) is 10.3. The van der Waals surface area contributed by atoms with Gasteiger partial charge in [-0.05, 0) is 12.1 Å². The summed E-state index contributed by atoms with van der Waals surface area (Å²) in [7, 11) is 0. The number of pyridine rings is 1. The Morgan fingerprint density at radius 2 is 2.10 bits per heavy atom. The maximum Gasteiger partial charge on any atom is 0.147 e. The van der Waals surface area contributed by atoms with Crippen LogP contribution in [0.5, 0.6) is 0 Å². The van der Waals surface area contributed by atoms with E-state index in [1.54, 1.807) is 0 Å². The highest BCUT2D eigenvalue weighted by Gasteiger charge is 2.20.